The minimum atomic E-state index is -2.72. The van der Waals surface area contributed by atoms with Gasteiger partial charge in [0.2, 0.25) is 0 Å². The Morgan fingerprint density at radius 2 is 1.79 bits per heavy atom. The number of benzene rings is 1. The lowest BCUT2D eigenvalue weighted by atomic mass is 10.1. The standard InChI is InChI=1S/C17H20F2N4O/c1-13-2-4-14(5-3-13)12-21-8-10-22(11-9-21)16(24)15-6-7-23(20-15)17(18)19/h2-7,17H,8-12H2,1H3. The van der Waals surface area contributed by atoms with E-state index < -0.39 is 6.55 Å². The van der Waals surface area contributed by atoms with Crippen LogP contribution in [0.1, 0.15) is 28.2 Å². The van der Waals surface area contributed by atoms with Crippen molar-refractivity contribution in [3.63, 3.8) is 0 Å². The Labute approximate surface area is 139 Å². The van der Waals surface area contributed by atoms with Crippen LogP contribution in [0.3, 0.4) is 0 Å². The summed E-state index contributed by atoms with van der Waals surface area (Å²) < 4.78 is 25.6. The molecular weight excluding hydrogens is 314 g/mol. The van der Waals surface area contributed by atoms with Gasteiger partial charge in [-0.25, -0.2) is 4.68 Å². The van der Waals surface area contributed by atoms with E-state index in [9.17, 15) is 13.6 Å². The van der Waals surface area contributed by atoms with E-state index >= 15 is 0 Å². The number of aryl methyl sites for hydroxylation is 1. The second-order valence-electron chi connectivity index (χ2n) is 6.01. The SMILES string of the molecule is Cc1ccc(CN2CCN(C(=O)c3ccn(C(F)F)n3)CC2)cc1. The number of hydrogen-bond donors (Lipinski definition) is 0. The van der Waals surface area contributed by atoms with Gasteiger partial charge in [0.05, 0.1) is 0 Å². The van der Waals surface area contributed by atoms with E-state index in [0.717, 1.165) is 25.8 Å². The van der Waals surface area contributed by atoms with Crippen LogP contribution in [0.15, 0.2) is 36.5 Å². The first-order valence-electron chi connectivity index (χ1n) is 7.93. The maximum absolute atomic E-state index is 12.5. The summed E-state index contributed by atoms with van der Waals surface area (Å²) in [6.07, 6.45) is 1.13. The topological polar surface area (TPSA) is 41.4 Å². The van der Waals surface area contributed by atoms with Gasteiger partial charge in [-0.05, 0) is 18.6 Å². The van der Waals surface area contributed by atoms with Crippen molar-refractivity contribution in [1.29, 1.82) is 0 Å². The monoisotopic (exact) mass is 334 g/mol. The summed E-state index contributed by atoms with van der Waals surface area (Å²) >= 11 is 0. The molecule has 1 amide bonds. The number of hydrogen-bond acceptors (Lipinski definition) is 3. The van der Waals surface area contributed by atoms with Crippen LogP contribution in [-0.2, 0) is 6.54 Å². The molecule has 0 unspecified atom stereocenters. The summed E-state index contributed by atoms with van der Waals surface area (Å²) in [5.41, 5.74) is 2.55. The van der Waals surface area contributed by atoms with Gasteiger partial charge in [-0.15, -0.1) is 0 Å². The zero-order valence-corrected chi connectivity index (χ0v) is 13.5. The molecule has 1 aromatic carbocycles. The van der Waals surface area contributed by atoms with E-state index in [1.54, 1.807) is 4.90 Å². The summed E-state index contributed by atoms with van der Waals surface area (Å²) in [5.74, 6) is -0.288. The summed E-state index contributed by atoms with van der Waals surface area (Å²) in [4.78, 5) is 16.3. The molecule has 0 spiro atoms. The van der Waals surface area contributed by atoms with Crippen molar-refractivity contribution in [2.75, 3.05) is 26.2 Å². The average Bonchev–Trinajstić information content (AvgIpc) is 3.07. The highest BCUT2D eigenvalue weighted by Gasteiger charge is 2.24. The first-order valence-corrected chi connectivity index (χ1v) is 7.93. The van der Waals surface area contributed by atoms with Gasteiger partial charge in [0.1, 0.15) is 0 Å². The summed E-state index contributed by atoms with van der Waals surface area (Å²) in [7, 11) is 0. The lowest BCUT2D eigenvalue weighted by Crippen LogP contribution is -2.48. The molecule has 0 saturated carbocycles. The van der Waals surface area contributed by atoms with Gasteiger partial charge in [0.15, 0.2) is 5.69 Å². The molecule has 1 saturated heterocycles. The van der Waals surface area contributed by atoms with Crippen molar-refractivity contribution in [1.82, 2.24) is 19.6 Å². The minimum Gasteiger partial charge on any atom is -0.335 e. The predicted octanol–water partition coefficient (Wildman–Crippen LogP) is 2.54. The van der Waals surface area contributed by atoms with Crippen molar-refractivity contribution in [3.05, 3.63) is 53.3 Å². The van der Waals surface area contributed by atoms with Crippen molar-refractivity contribution in [2.24, 2.45) is 0 Å². The molecule has 1 fully saturated rings. The largest absolute Gasteiger partial charge is 0.335 e. The summed E-state index contributed by atoms with van der Waals surface area (Å²) in [6.45, 7) is 2.85. The number of carbonyl (C=O) groups excluding carboxylic acids is 1. The zero-order valence-electron chi connectivity index (χ0n) is 13.5. The smallest absolute Gasteiger partial charge is 0.333 e. The molecule has 0 N–H and O–H groups in total. The maximum Gasteiger partial charge on any atom is 0.333 e. The fourth-order valence-electron chi connectivity index (χ4n) is 2.78. The van der Waals surface area contributed by atoms with Crippen LogP contribution in [-0.4, -0.2) is 51.7 Å². The molecule has 0 radical (unpaired) electrons. The van der Waals surface area contributed by atoms with E-state index in [4.69, 9.17) is 0 Å². The molecule has 2 aromatic rings. The number of rotatable bonds is 4. The van der Waals surface area contributed by atoms with Crippen LogP contribution in [0.25, 0.3) is 0 Å². The Kier molecular flexibility index (Phi) is 4.89. The van der Waals surface area contributed by atoms with E-state index in [-0.39, 0.29) is 11.6 Å². The lowest BCUT2D eigenvalue weighted by molar-refractivity contribution is 0.0534. The number of piperazine rings is 1. The molecule has 7 heteroatoms. The minimum absolute atomic E-state index is 0.0716. The van der Waals surface area contributed by atoms with Crippen LogP contribution < -0.4 is 0 Å². The Bertz CT molecular complexity index is 691. The molecule has 3 rings (SSSR count). The molecule has 0 bridgehead atoms. The highest BCUT2D eigenvalue weighted by molar-refractivity contribution is 5.92. The van der Waals surface area contributed by atoms with Crippen molar-refractivity contribution in [3.8, 4) is 0 Å². The first-order chi connectivity index (χ1) is 11.5. The highest BCUT2D eigenvalue weighted by atomic mass is 19.3. The predicted molar refractivity (Wildman–Crippen MR) is 85.8 cm³/mol. The van der Waals surface area contributed by atoms with Gasteiger partial charge in [-0.1, -0.05) is 29.8 Å². The second kappa shape index (κ2) is 7.09. The third kappa shape index (κ3) is 3.79. The van der Waals surface area contributed by atoms with Crippen LogP contribution >= 0.6 is 0 Å². The van der Waals surface area contributed by atoms with Crippen molar-refractivity contribution < 1.29 is 13.6 Å². The van der Waals surface area contributed by atoms with Gasteiger partial charge in [-0.3, -0.25) is 9.69 Å². The molecule has 0 atom stereocenters. The number of carbonyl (C=O) groups is 1. The van der Waals surface area contributed by atoms with Gasteiger partial charge in [-0.2, -0.15) is 13.9 Å². The molecule has 1 aliphatic heterocycles. The fraction of sp³-hybridized carbons (Fsp3) is 0.412. The highest BCUT2D eigenvalue weighted by Crippen LogP contribution is 2.13. The third-order valence-corrected chi connectivity index (χ3v) is 4.21. The first kappa shape index (κ1) is 16.6. The Morgan fingerprint density at radius 3 is 2.38 bits per heavy atom. The quantitative estimate of drug-likeness (QED) is 0.863. The normalized spacial score (nSPS) is 15.9. The molecular formula is C17H20F2N4O. The molecule has 1 aliphatic rings. The Morgan fingerprint density at radius 1 is 1.12 bits per heavy atom. The molecule has 5 nitrogen and oxygen atoms in total. The molecule has 1 aromatic heterocycles. The third-order valence-electron chi connectivity index (χ3n) is 4.21. The molecule has 128 valence electrons. The van der Waals surface area contributed by atoms with Gasteiger partial charge in [0.25, 0.3) is 5.91 Å². The van der Waals surface area contributed by atoms with E-state index in [0.29, 0.717) is 17.8 Å². The van der Waals surface area contributed by atoms with E-state index in [1.165, 1.54) is 17.2 Å². The van der Waals surface area contributed by atoms with Gasteiger partial charge < -0.3 is 4.90 Å². The molecule has 24 heavy (non-hydrogen) atoms. The molecule has 0 aliphatic carbocycles. The Balaban J connectivity index is 1.54. The van der Waals surface area contributed by atoms with Crippen LogP contribution in [0.5, 0.6) is 0 Å². The number of nitrogens with zero attached hydrogens (tertiary/aromatic N) is 4. The fourth-order valence-corrected chi connectivity index (χ4v) is 2.78. The zero-order chi connectivity index (χ0) is 17.1. The average molecular weight is 334 g/mol. The van der Waals surface area contributed by atoms with E-state index in [2.05, 4.69) is 41.2 Å². The number of aromatic nitrogens is 2. The Hall–Kier alpha value is -2.28. The molecule has 2 heterocycles. The van der Waals surface area contributed by atoms with Crippen molar-refractivity contribution >= 4 is 5.91 Å². The number of halogens is 2. The number of amides is 1. The second-order valence-corrected chi connectivity index (χ2v) is 6.01. The summed E-state index contributed by atoms with van der Waals surface area (Å²) in [5, 5.41) is 3.64. The van der Waals surface area contributed by atoms with Crippen molar-refractivity contribution in [2.45, 2.75) is 20.0 Å². The maximum atomic E-state index is 12.5. The van der Waals surface area contributed by atoms with Crippen LogP contribution in [0, 0.1) is 6.92 Å². The summed E-state index contributed by atoms with van der Waals surface area (Å²) in [6, 6.07) is 9.75. The van der Waals surface area contributed by atoms with Gasteiger partial charge >= 0.3 is 6.55 Å². The number of alkyl halides is 2. The van der Waals surface area contributed by atoms with Crippen LogP contribution in [0.2, 0.25) is 0 Å². The lowest BCUT2D eigenvalue weighted by Gasteiger charge is -2.34. The van der Waals surface area contributed by atoms with Crippen LogP contribution in [0.4, 0.5) is 8.78 Å². The van der Waals surface area contributed by atoms with Gasteiger partial charge in [0, 0.05) is 38.9 Å². The van der Waals surface area contributed by atoms with E-state index in [1.807, 2.05) is 0 Å².